The van der Waals surface area contributed by atoms with E-state index in [-0.39, 0.29) is 16.2 Å². The molecule has 0 radical (unpaired) electrons. The Morgan fingerprint density at radius 3 is 1.03 bits per heavy atom. The number of fused-ring (bicyclic) bond motifs is 32. The second kappa shape index (κ2) is 27.2. The number of thiophene rings is 2. The zero-order valence-corrected chi connectivity index (χ0v) is 69.6. The highest BCUT2D eigenvalue weighted by molar-refractivity contribution is 7.26. The molecule has 0 unspecified atom stereocenters. The maximum Gasteiger partial charge on any atom is 0.0726 e. The van der Waals surface area contributed by atoms with Crippen LogP contribution in [0.3, 0.4) is 0 Å². The van der Waals surface area contributed by atoms with Crippen LogP contribution in [0, 0.1) is 0 Å². The van der Waals surface area contributed by atoms with Crippen LogP contribution in [0.5, 0.6) is 0 Å². The summed E-state index contributed by atoms with van der Waals surface area (Å²) in [5.41, 5.74) is 42.5. The Balaban J connectivity index is 0.000000116. The van der Waals surface area contributed by atoms with Gasteiger partial charge in [0.25, 0.3) is 0 Å². The molecule has 26 rings (SSSR count). The van der Waals surface area contributed by atoms with E-state index in [0.717, 1.165) is 27.8 Å². The van der Waals surface area contributed by atoms with Crippen LogP contribution < -0.4 is 10.2 Å². The predicted octanol–water partition coefficient (Wildman–Crippen LogP) is 32.3. The maximum absolute atomic E-state index is 6.05. The van der Waals surface area contributed by atoms with E-state index in [4.69, 9.17) is 11.6 Å². The summed E-state index contributed by atoms with van der Waals surface area (Å²) in [6, 6.07) is 148. The molecule has 0 saturated carbocycles. The van der Waals surface area contributed by atoms with Gasteiger partial charge in [-0.15, -0.1) is 22.7 Å². The minimum Gasteiger partial charge on any atom is -0.355 e. The summed E-state index contributed by atoms with van der Waals surface area (Å²) < 4.78 is 5.23. The van der Waals surface area contributed by atoms with E-state index >= 15 is 0 Å². The lowest BCUT2D eigenvalue weighted by Crippen LogP contribution is -2.26. The largest absolute Gasteiger partial charge is 0.355 e. The predicted molar refractivity (Wildman–Crippen MR) is 513 cm³/mol. The number of anilines is 5. The molecule has 6 aliphatic carbocycles. The van der Waals surface area contributed by atoms with E-state index < -0.39 is 5.41 Å². The molecule has 2 heterocycles. The summed E-state index contributed by atoms with van der Waals surface area (Å²) in [5.74, 6) is 0. The lowest BCUT2D eigenvalue weighted by atomic mass is 9.70. The molecule has 2 spiro atoms. The fraction of sp³-hybridized carbons (Fsp3) is 0.0690. The number of nitrogens with one attached hydrogen (secondary N) is 1. The van der Waals surface area contributed by atoms with Gasteiger partial charge in [0.1, 0.15) is 0 Å². The van der Waals surface area contributed by atoms with Crippen molar-refractivity contribution in [2.24, 2.45) is 0 Å². The van der Waals surface area contributed by atoms with Crippen molar-refractivity contribution in [2.45, 2.75) is 49.4 Å². The van der Waals surface area contributed by atoms with Gasteiger partial charge in [-0.3, -0.25) is 0 Å². The van der Waals surface area contributed by atoms with Crippen LogP contribution in [0.2, 0.25) is 5.02 Å². The minimum atomic E-state index is -0.427. The average Bonchev–Trinajstić information content (AvgIpc) is 1.51. The van der Waals surface area contributed by atoms with Crippen LogP contribution in [-0.2, 0) is 21.7 Å². The van der Waals surface area contributed by atoms with E-state index in [2.05, 4.69) is 426 Å². The Kier molecular flexibility index (Phi) is 16.0. The van der Waals surface area contributed by atoms with Crippen LogP contribution in [0.1, 0.15) is 94.5 Å². The van der Waals surface area contributed by atoms with Gasteiger partial charge in [-0.2, -0.15) is 0 Å². The summed E-state index contributed by atoms with van der Waals surface area (Å²) >= 11 is 9.78. The number of benzene rings is 18. The molecule has 20 aromatic rings. The third-order valence-corrected chi connectivity index (χ3v) is 29.8. The van der Waals surface area contributed by atoms with Gasteiger partial charge in [0, 0.05) is 78.9 Å². The molecule has 5 heteroatoms. The highest BCUT2D eigenvalue weighted by Gasteiger charge is 2.54. The van der Waals surface area contributed by atoms with Gasteiger partial charge in [0.15, 0.2) is 0 Å². The van der Waals surface area contributed by atoms with E-state index in [1.807, 2.05) is 34.8 Å². The molecule has 1 N–H and O–H groups in total. The number of halogens is 1. The van der Waals surface area contributed by atoms with Crippen molar-refractivity contribution in [1.82, 2.24) is 0 Å². The molecular weight excluding hydrogens is 1520 g/mol. The molecule has 0 atom stereocenters. The first-order chi connectivity index (χ1) is 59.5. The van der Waals surface area contributed by atoms with Crippen LogP contribution in [0.15, 0.2) is 400 Å². The molecule has 0 fully saturated rings. The highest BCUT2D eigenvalue weighted by atomic mass is 35.5. The molecule has 0 aliphatic heterocycles. The van der Waals surface area contributed by atoms with Gasteiger partial charge in [-0.05, 0) is 241 Å². The van der Waals surface area contributed by atoms with Crippen molar-refractivity contribution in [3.05, 3.63) is 472 Å². The molecule has 2 aromatic heterocycles. The molecule has 121 heavy (non-hydrogen) atoms. The van der Waals surface area contributed by atoms with Crippen molar-refractivity contribution >= 4 is 103 Å². The zero-order chi connectivity index (χ0) is 80.6. The highest BCUT2D eigenvalue weighted by Crippen LogP contribution is 2.66. The second-order valence-corrected chi connectivity index (χ2v) is 36.7. The zero-order valence-electron chi connectivity index (χ0n) is 67.2. The smallest absolute Gasteiger partial charge is 0.0726 e. The average molecular weight is 1600 g/mol. The standard InChI is InChI=1S/C58H39NS.C37H23NS.C21H17Cl/c1-57(2)47-22-8-3-18-43(47)45-21-13-20-39(56(45)57)36-29-31-37(32-30-36)59(52-26-14-28-54-55(52)46-19-7-12-27-53(46)60-54)38-33-34-44-42-17-6-11-25-50(42)58(51(44)35-38)48-23-9-4-15-40(48)41-16-5-10-24-49(41)58;1-5-14-29-24(10-1)25-11-2-6-15-30(25)37(29)31-16-7-3-12-26(31)27-21-20-23(22-32(27)37)38-33-17-9-19-35-36(33)28-13-4-8-18-34(28)39-35;1-21(2)19-9-4-3-6-17(19)18-8-5-7-16(20(18)21)14-10-12-15(22)13-11-14/h3-35H,1-2H3;1-22,38H;3-13H,1-2H3. The number of nitrogens with zero attached hydrogens (tertiary/aromatic N) is 1. The van der Waals surface area contributed by atoms with E-state index in [1.54, 1.807) is 0 Å². The van der Waals surface area contributed by atoms with Crippen molar-refractivity contribution < 1.29 is 0 Å². The van der Waals surface area contributed by atoms with Crippen molar-refractivity contribution in [1.29, 1.82) is 0 Å². The van der Waals surface area contributed by atoms with Crippen LogP contribution in [-0.4, -0.2) is 0 Å². The Bertz CT molecular complexity index is 7590. The first-order valence-corrected chi connectivity index (χ1v) is 44.1. The molecule has 0 amide bonds. The van der Waals surface area contributed by atoms with E-state index in [0.29, 0.717) is 0 Å². The van der Waals surface area contributed by atoms with Gasteiger partial charge in [-0.25, -0.2) is 0 Å². The summed E-state index contributed by atoms with van der Waals surface area (Å²) in [4.78, 5) is 2.52. The van der Waals surface area contributed by atoms with Crippen molar-refractivity contribution in [3.63, 3.8) is 0 Å². The van der Waals surface area contributed by atoms with Crippen molar-refractivity contribution in [3.8, 4) is 89.0 Å². The fourth-order valence-corrected chi connectivity index (χ4v) is 24.8. The molecule has 18 aromatic carbocycles. The van der Waals surface area contributed by atoms with Gasteiger partial charge in [0.2, 0.25) is 0 Å². The molecule has 6 aliphatic rings. The second-order valence-electron chi connectivity index (χ2n) is 34.1. The third-order valence-electron chi connectivity index (χ3n) is 27.3. The SMILES string of the molecule is CC1(C)c2ccccc2-c2cccc(-c3ccc(Cl)cc3)c21.CC1(C)c2ccccc2-c2cccc(-c3ccc(N(c4ccc5c(c4)C4(c6ccccc6-c6ccccc64)c4ccccc4-5)c4cccc5sc6ccccc6c45)cc3)c21.c1ccc2c(c1)-c1ccccc1C21c2ccccc2-c2ccc(Nc3cccc4sc5ccccc5c34)cc21. The van der Waals surface area contributed by atoms with Crippen molar-refractivity contribution in [2.75, 3.05) is 10.2 Å². The number of hydrogen-bond donors (Lipinski definition) is 1. The van der Waals surface area contributed by atoms with Crippen LogP contribution >= 0.6 is 34.3 Å². The summed E-state index contributed by atoms with van der Waals surface area (Å²) in [5, 5.41) is 9.81. The summed E-state index contributed by atoms with van der Waals surface area (Å²) in [6.45, 7) is 9.39. The normalized spacial score (nSPS) is 14.3. The van der Waals surface area contributed by atoms with Gasteiger partial charge in [-0.1, -0.05) is 355 Å². The molecular formula is C116H79ClN2S2. The Hall–Kier alpha value is -13.7. The van der Waals surface area contributed by atoms with Gasteiger partial charge < -0.3 is 10.2 Å². The molecule has 2 nitrogen and oxygen atoms in total. The third kappa shape index (κ3) is 10.3. The Labute approximate surface area is 718 Å². The number of hydrogen-bond acceptors (Lipinski definition) is 4. The van der Waals surface area contributed by atoms with Crippen LogP contribution in [0.4, 0.5) is 28.4 Å². The quantitative estimate of drug-likeness (QED) is 0.171. The molecule has 572 valence electrons. The van der Waals surface area contributed by atoms with E-state index in [1.165, 1.54) is 202 Å². The van der Waals surface area contributed by atoms with E-state index in [9.17, 15) is 0 Å². The lowest BCUT2D eigenvalue weighted by molar-refractivity contribution is 0.662. The molecule has 0 saturated heterocycles. The fourth-order valence-electron chi connectivity index (χ4n) is 22.4. The first-order valence-electron chi connectivity index (χ1n) is 42.0. The summed E-state index contributed by atoms with van der Waals surface area (Å²) in [7, 11) is 0. The Morgan fingerprint density at radius 2 is 0.570 bits per heavy atom. The minimum absolute atomic E-state index is 0.0160. The lowest BCUT2D eigenvalue weighted by Gasteiger charge is -2.32. The number of rotatable bonds is 7. The maximum atomic E-state index is 6.05. The summed E-state index contributed by atoms with van der Waals surface area (Å²) in [6.07, 6.45) is 0. The van der Waals surface area contributed by atoms with Crippen LogP contribution in [0.25, 0.3) is 129 Å². The van der Waals surface area contributed by atoms with Gasteiger partial charge in [0.05, 0.1) is 16.5 Å². The topological polar surface area (TPSA) is 15.3 Å². The monoisotopic (exact) mass is 1600 g/mol. The molecule has 0 bridgehead atoms. The first kappa shape index (κ1) is 71.4. The Morgan fingerprint density at radius 1 is 0.248 bits per heavy atom. The van der Waals surface area contributed by atoms with Gasteiger partial charge >= 0.3 is 0 Å².